The van der Waals surface area contributed by atoms with Crippen molar-refractivity contribution >= 4 is 11.9 Å². The van der Waals surface area contributed by atoms with Gasteiger partial charge in [-0.1, -0.05) is 290 Å². The molecule has 0 heterocycles. The number of hydrogen-bond donors (Lipinski definition) is 3. The highest BCUT2D eigenvalue weighted by atomic mass is 16.5. The lowest BCUT2D eigenvalue weighted by molar-refractivity contribution is -0.143. The minimum atomic E-state index is -0.662. The van der Waals surface area contributed by atoms with Gasteiger partial charge in [0.25, 0.3) is 0 Å². The average molecular weight is 893 g/mol. The average Bonchev–Trinajstić information content (AvgIpc) is 3.28. The van der Waals surface area contributed by atoms with Gasteiger partial charge in [0.05, 0.1) is 25.4 Å². The molecule has 63 heavy (non-hydrogen) atoms. The van der Waals surface area contributed by atoms with Crippen molar-refractivity contribution in [2.45, 2.75) is 341 Å². The molecule has 0 aliphatic rings. The molecule has 2 atom stereocenters. The second-order valence-electron chi connectivity index (χ2n) is 20.0. The van der Waals surface area contributed by atoms with Gasteiger partial charge in [0, 0.05) is 12.8 Å². The van der Waals surface area contributed by atoms with E-state index in [4.69, 9.17) is 4.74 Å². The van der Waals surface area contributed by atoms with Gasteiger partial charge in [-0.2, -0.15) is 0 Å². The molecule has 6 nitrogen and oxygen atoms in total. The van der Waals surface area contributed by atoms with Crippen molar-refractivity contribution in [2.24, 2.45) is 0 Å². The summed E-state index contributed by atoms with van der Waals surface area (Å²) in [6, 6.07) is -0.539. The first-order chi connectivity index (χ1) is 31.0. The van der Waals surface area contributed by atoms with Crippen molar-refractivity contribution in [3.8, 4) is 0 Å². The zero-order chi connectivity index (χ0) is 45.8. The highest BCUT2D eigenvalue weighted by Crippen LogP contribution is 2.18. The Morgan fingerprint density at radius 1 is 0.381 bits per heavy atom. The van der Waals surface area contributed by atoms with Crippen molar-refractivity contribution in [2.75, 3.05) is 13.2 Å². The summed E-state index contributed by atoms with van der Waals surface area (Å²) in [5.41, 5.74) is 0. The third-order valence-electron chi connectivity index (χ3n) is 13.7. The summed E-state index contributed by atoms with van der Waals surface area (Å²) in [7, 11) is 0. The van der Waals surface area contributed by atoms with Crippen LogP contribution >= 0.6 is 0 Å². The van der Waals surface area contributed by atoms with Gasteiger partial charge in [-0.25, -0.2) is 0 Å². The summed E-state index contributed by atoms with van der Waals surface area (Å²) in [5, 5.41) is 23.1. The molecule has 0 aromatic carbocycles. The minimum absolute atomic E-state index is 0.0151. The Morgan fingerprint density at radius 2 is 0.651 bits per heavy atom. The maximum Gasteiger partial charge on any atom is 0.305 e. The third-order valence-corrected chi connectivity index (χ3v) is 13.7. The SMILES string of the molecule is CCCCCCCCCCCCCCCCCCCC(=O)OCCCCCCCCCCCCCCCCCCCCCCC(=O)NC(CO)C(O)CCCCCCCCCCC. The molecule has 0 spiro atoms. The number of carbonyl (C=O) groups is 2. The van der Waals surface area contributed by atoms with Crippen LogP contribution in [0.1, 0.15) is 328 Å². The summed E-state index contributed by atoms with van der Waals surface area (Å²) in [6.45, 7) is 4.95. The quantitative estimate of drug-likeness (QED) is 0.0418. The molecule has 3 N–H and O–H groups in total. The summed E-state index contributed by atoms with van der Waals surface area (Å²) in [6.07, 6.45) is 61.1. The molecule has 1 amide bonds. The van der Waals surface area contributed by atoms with Crippen molar-refractivity contribution < 1.29 is 24.5 Å². The van der Waals surface area contributed by atoms with Gasteiger partial charge in [0.15, 0.2) is 0 Å². The summed E-state index contributed by atoms with van der Waals surface area (Å²) >= 11 is 0. The number of ether oxygens (including phenoxy) is 1. The maximum absolute atomic E-state index is 12.4. The van der Waals surface area contributed by atoms with Crippen LogP contribution in [0.2, 0.25) is 0 Å². The topological polar surface area (TPSA) is 95.9 Å². The number of hydrogen-bond acceptors (Lipinski definition) is 5. The van der Waals surface area contributed by atoms with Gasteiger partial charge in [-0.15, -0.1) is 0 Å². The Morgan fingerprint density at radius 3 is 0.968 bits per heavy atom. The molecule has 0 aliphatic heterocycles. The predicted octanol–water partition coefficient (Wildman–Crippen LogP) is 17.5. The molecule has 376 valence electrons. The molecule has 2 unspecified atom stereocenters. The van der Waals surface area contributed by atoms with Gasteiger partial charge in [-0.05, 0) is 25.7 Å². The van der Waals surface area contributed by atoms with Crippen molar-refractivity contribution in [3.63, 3.8) is 0 Å². The minimum Gasteiger partial charge on any atom is -0.466 e. The Balaban J connectivity index is 3.33. The first-order valence-corrected chi connectivity index (χ1v) is 28.8. The highest BCUT2D eigenvalue weighted by Gasteiger charge is 2.20. The summed E-state index contributed by atoms with van der Waals surface area (Å²) in [4.78, 5) is 24.5. The van der Waals surface area contributed by atoms with E-state index in [1.807, 2.05) is 0 Å². The van der Waals surface area contributed by atoms with Crippen LogP contribution in [0.4, 0.5) is 0 Å². The first-order valence-electron chi connectivity index (χ1n) is 28.8. The Hall–Kier alpha value is -1.14. The number of esters is 1. The molecule has 0 saturated heterocycles. The fraction of sp³-hybridized carbons (Fsp3) is 0.965. The molecule has 0 fully saturated rings. The van der Waals surface area contributed by atoms with Crippen LogP contribution in [0.3, 0.4) is 0 Å². The first kappa shape index (κ1) is 61.9. The highest BCUT2D eigenvalue weighted by molar-refractivity contribution is 5.76. The largest absolute Gasteiger partial charge is 0.466 e. The van der Waals surface area contributed by atoms with Crippen LogP contribution in [-0.4, -0.2) is 47.4 Å². The number of amides is 1. The molecule has 0 rings (SSSR count). The van der Waals surface area contributed by atoms with E-state index >= 15 is 0 Å². The number of unbranched alkanes of at least 4 members (excludes halogenated alkanes) is 43. The van der Waals surface area contributed by atoms with Gasteiger partial charge in [0.2, 0.25) is 5.91 Å². The van der Waals surface area contributed by atoms with Crippen LogP contribution in [0.15, 0.2) is 0 Å². The standard InChI is InChI=1S/C57H113NO5/c1-3-5-7-9-11-13-14-15-16-21-25-28-31-35-39-43-47-51-57(62)63-52-48-44-40-36-32-29-26-23-20-18-17-19-22-24-27-30-34-38-42-46-50-56(61)58-54(53-59)55(60)49-45-41-37-33-12-10-8-6-4-2/h54-55,59-60H,3-53H2,1-2H3,(H,58,61). The summed E-state index contributed by atoms with van der Waals surface area (Å²) in [5.74, 6) is -0.0225. The van der Waals surface area contributed by atoms with E-state index in [1.54, 1.807) is 0 Å². The van der Waals surface area contributed by atoms with Gasteiger partial charge in [-0.3, -0.25) is 9.59 Å². The van der Waals surface area contributed by atoms with E-state index < -0.39 is 12.1 Å². The van der Waals surface area contributed by atoms with E-state index in [0.717, 1.165) is 38.5 Å². The van der Waals surface area contributed by atoms with Crippen LogP contribution < -0.4 is 5.32 Å². The number of nitrogens with one attached hydrogen (secondary N) is 1. The normalized spacial score (nSPS) is 12.5. The third kappa shape index (κ3) is 50.1. The summed E-state index contributed by atoms with van der Waals surface area (Å²) < 4.78 is 5.49. The van der Waals surface area contributed by atoms with E-state index in [-0.39, 0.29) is 18.5 Å². The Kier molecular flexibility index (Phi) is 52.5. The van der Waals surface area contributed by atoms with Crippen LogP contribution in [-0.2, 0) is 14.3 Å². The van der Waals surface area contributed by atoms with Gasteiger partial charge >= 0.3 is 5.97 Å². The molecular weight excluding hydrogens is 779 g/mol. The molecule has 0 saturated carbocycles. The van der Waals surface area contributed by atoms with Crippen LogP contribution in [0.5, 0.6) is 0 Å². The zero-order valence-electron chi connectivity index (χ0n) is 42.8. The van der Waals surface area contributed by atoms with Crippen molar-refractivity contribution in [3.05, 3.63) is 0 Å². The number of rotatable bonds is 54. The van der Waals surface area contributed by atoms with E-state index in [9.17, 15) is 19.8 Å². The van der Waals surface area contributed by atoms with Crippen LogP contribution in [0.25, 0.3) is 0 Å². The number of carbonyl (C=O) groups excluding carboxylic acids is 2. The lowest BCUT2D eigenvalue weighted by Gasteiger charge is -2.22. The van der Waals surface area contributed by atoms with Crippen molar-refractivity contribution in [1.82, 2.24) is 5.32 Å². The maximum atomic E-state index is 12.4. The molecule has 0 aromatic heterocycles. The molecule has 0 aromatic rings. The number of aliphatic hydroxyl groups excluding tert-OH is 2. The lowest BCUT2D eigenvalue weighted by atomic mass is 10.0. The second kappa shape index (κ2) is 53.5. The van der Waals surface area contributed by atoms with Crippen LogP contribution in [0, 0.1) is 0 Å². The van der Waals surface area contributed by atoms with E-state index in [1.165, 1.54) is 257 Å². The predicted molar refractivity (Wildman–Crippen MR) is 274 cm³/mol. The second-order valence-corrected chi connectivity index (χ2v) is 20.0. The van der Waals surface area contributed by atoms with E-state index in [2.05, 4.69) is 19.2 Å². The van der Waals surface area contributed by atoms with Gasteiger partial charge in [0.1, 0.15) is 0 Å². The molecule has 6 heteroatoms. The Labute approximate surface area is 394 Å². The monoisotopic (exact) mass is 892 g/mol. The smallest absolute Gasteiger partial charge is 0.305 e. The molecular formula is C57H113NO5. The van der Waals surface area contributed by atoms with E-state index in [0.29, 0.717) is 25.9 Å². The fourth-order valence-corrected chi connectivity index (χ4v) is 9.23. The fourth-order valence-electron chi connectivity index (χ4n) is 9.23. The molecule has 0 radical (unpaired) electrons. The van der Waals surface area contributed by atoms with Gasteiger partial charge < -0.3 is 20.3 Å². The molecule has 0 bridgehead atoms. The number of aliphatic hydroxyl groups is 2. The molecule has 0 aliphatic carbocycles. The lowest BCUT2D eigenvalue weighted by Crippen LogP contribution is -2.45. The zero-order valence-corrected chi connectivity index (χ0v) is 42.8. The van der Waals surface area contributed by atoms with Crippen molar-refractivity contribution in [1.29, 1.82) is 0 Å². The Bertz CT molecular complexity index is 898.